The molecule has 30 heavy (non-hydrogen) atoms. The Morgan fingerprint density at radius 3 is 2.70 bits per heavy atom. The Morgan fingerprint density at radius 2 is 1.97 bits per heavy atom. The van der Waals surface area contributed by atoms with Gasteiger partial charge in [0, 0.05) is 12.7 Å². The minimum absolute atomic E-state index is 0.145. The Labute approximate surface area is 175 Å². The molecule has 0 spiro atoms. The van der Waals surface area contributed by atoms with Crippen LogP contribution in [-0.2, 0) is 14.3 Å². The van der Waals surface area contributed by atoms with E-state index in [2.05, 4.69) is 10.3 Å². The molecule has 1 aliphatic rings. The summed E-state index contributed by atoms with van der Waals surface area (Å²) < 4.78 is 10.8. The van der Waals surface area contributed by atoms with Crippen LogP contribution in [0.25, 0.3) is 0 Å². The number of hydrogen-bond donors (Lipinski definition) is 1. The molecule has 8 heteroatoms. The molecular weight excluding hydrogens is 386 g/mol. The second-order valence-corrected chi connectivity index (χ2v) is 6.91. The minimum atomic E-state index is -0.822. The summed E-state index contributed by atoms with van der Waals surface area (Å²) in [6.07, 6.45) is 2.80. The van der Waals surface area contributed by atoms with E-state index < -0.39 is 24.0 Å². The highest BCUT2D eigenvalue weighted by atomic mass is 16.5. The number of hydrogen-bond acceptors (Lipinski definition) is 6. The van der Waals surface area contributed by atoms with E-state index in [1.165, 1.54) is 11.1 Å². The number of likely N-dealkylation sites (tertiary alicyclic amines) is 1. The van der Waals surface area contributed by atoms with Gasteiger partial charge in [-0.15, -0.1) is 0 Å². The number of aromatic nitrogens is 1. The molecule has 1 fully saturated rings. The molecule has 158 valence electrons. The number of esters is 1. The van der Waals surface area contributed by atoms with Gasteiger partial charge in [0.2, 0.25) is 11.8 Å². The van der Waals surface area contributed by atoms with E-state index in [1.54, 1.807) is 38.1 Å². The third-order valence-electron chi connectivity index (χ3n) is 4.79. The molecule has 1 aromatic carbocycles. The topological polar surface area (TPSA) is 97.8 Å². The van der Waals surface area contributed by atoms with Crippen molar-refractivity contribution in [3.8, 4) is 11.6 Å². The van der Waals surface area contributed by atoms with Crippen LogP contribution in [0.15, 0.2) is 48.7 Å². The van der Waals surface area contributed by atoms with Crippen molar-refractivity contribution in [2.45, 2.75) is 38.8 Å². The first kappa shape index (κ1) is 21.3. The lowest BCUT2D eigenvalue weighted by Crippen LogP contribution is -2.50. The fraction of sp³-hybridized carbons (Fsp3) is 0.364. The molecule has 2 aromatic rings. The van der Waals surface area contributed by atoms with Gasteiger partial charge in [0.15, 0.2) is 0 Å². The minimum Gasteiger partial charge on any atom is -0.464 e. The molecule has 2 unspecified atom stereocenters. The molecule has 1 aromatic heterocycles. The summed E-state index contributed by atoms with van der Waals surface area (Å²) in [7, 11) is 0. The van der Waals surface area contributed by atoms with Crippen molar-refractivity contribution >= 4 is 17.8 Å². The largest absolute Gasteiger partial charge is 0.464 e. The maximum Gasteiger partial charge on any atom is 0.328 e. The van der Waals surface area contributed by atoms with E-state index in [-0.39, 0.29) is 24.0 Å². The van der Waals surface area contributed by atoms with Crippen molar-refractivity contribution in [3.63, 3.8) is 0 Å². The molecule has 2 amide bonds. The molecule has 2 heterocycles. The Balaban J connectivity index is 1.68. The van der Waals surface area contributed by atoms with Crippen LogP contribution in [-0.4, -0.2) is 52.9 Å². The molecule has 3 rings (SSSR count). The molecule has 0 saturated carbocycles. The third kappa shape index (κ3) is 4.94. The molecule has 1 aliphatic heterocycles. The van der Waals surface area contributed by atoms with E-state index >= 15 is 0 Å². The molecule has 2 atom stereocenters. The fourth-order valence-corrected chi connectivity index (χ4v) is 3.34. The van der Waals surface area contributed by atoms with Crippen LogP contribution >= 0.6 is 0 Å². The standard InChI is InChI=1S/C22H25N3O5/c1-3-29-22(28)18-12-8-14-25(18)21(27)15(2)24-19(26)17-11-7-13-23-20(17)30-16-9-5-4-6-10-16/h4-7,9-11,13,15,18H,3,8,12,14H2,1-2H3,(H,24,26). The van der Waals surface area contributed by atoms with Crippen LogP contribution in [0.5, 0.6) is 11.6 Å². The second-order valence-electron chi connectivity index (χ2n) is 6.91. The number of carbonyl (C=O) groups excluding carboxylic acids is 3. The molecule has 1 N–H and O–H groups in total. The van der Waals surface area contributed by atoms with Crippen LogP contribution in [0.3, 0.4) is 0 Å². The summed E-state index contributed by atoms with van der Waals surface area (Å²) in [5.41, 5.74) is 0.212. The number of carbonyl (C=O) groups is 3. The van der Waals surface area contributed by atoms with E-state index in [0.717, 1.165) is 0 Å². The van der Waals surface area contributed by atoms with Crippen LogP contribution in [0.2, 0.25) is 0 Å². The monoisotopic (exact) mass is 411 g/mol. The van der Waals surface area contributed by atoms with Gasteiger partial charge < -0.3 is 19.7 Å². The molecule has 0 aliphatic carbocycles. The number of ether oxygens (including phenoxy) is 2. The normalized spacial score (nSPS) is 16.6. The summed E-state index contributed by atoms with van der Waals surface area (Å²) in [6.45, 7) is 4.03. The lowest BCUT2D eigenvalue weighted by molar-refractivity contribution is -0.153. The number of para-hydroxylation sites is 1. The van der Waals surface area contributed by atoms with Gasteiger partial charge in [-0.1, -0.05) is 18.2 Å². The van der Waals surface area contributed by atoms with E-state index in [9.17, 15) is 14.4 Å². The highest BCUT2D eigenvalue weighted by Crippen LogP contribution is 2.23. The van der Waals surface area contributed by atoms with Crippen molar-refractivity contribution in [2.75, 3.05) is 13.2 Å². The van der Waals surface area contributed by atoms with E-state index in [4.69, 9.17) is 9.47 Å². The lowest BCUT2D eigenvalue weighted by atomic mass is 10.2. The third-order valence-corrected chi connectivity index (χ3v) is 4.79. The zero-order valence-electron chi connectivity index (χ0n) is 17.0. The van der Waals surface area contributed by atoms with Crippen molar-refractivity contribution in [3.05, 3.63) is 54.2 Å². The maximum absolute atomic E-state index is 12.9. The number of nitrogens with one attached hydrogen (secondary N) is 1. The van der Waals surface area contributed by atoms with Gasteiger partial charge in [0.25, 0.3) is 5.91 Å². The van der Waals surface area contributed by atoms with Crippen LogP contribution in [0.4, 0.5) is 0 Å². The summed E-state index contributed by atoms with van der Waals surface area (Å²) in [5, 5.41) is 2.69. The zero-order valence-corrected chi connectivity index (χ0v) is 17.0. The SMILES string of the molecule is CCOC(=O)C1CCCN1C(=O)C(C)NC(=O)c1cccnc1Oc1ccccc1. The smallest absolute Gasteiger partial charge is 0.328 e. The second kappa shape index (κ2) is 9.87. The summed E-state index contributed by atoms with van der Waals surface area (Å²) in [4.78, 5) is 43.4. The molecule has 0 radical (unpaired) electrons. The lowest BCUT2D eigenvalue weighted by Gasteiger charge is -2.26. The number of benzene rings is 1. The zero-order chi connectivity index (χ0) is 21.5. The number of rotatable bonds is 7. The molecular formula is C22H25N3O5. The summed E-state index contributed by atoms with van der Waals surface area (Å²) >= 11 is 0. The predicted octanol–water partition coefficient (Wildman–Crippen LogP) is 2.55. The van der Waals surface area contributed by atoms with Crippen molar-refractivity contribution in [1.29, 1.82) is 0 Å². The average molecular weight is 411 g/mol. The molecule has 1 saturated heterocycles. The van der Waals surface area contributed by atoms with Crippen LogP contribution in [0.1, 0.15) is 37.0 Å². The van der Waals surface area contributed by atoms with Gasteiger partial charge >= 0.3 is 5.97 Å². The van der Waals surface area contributed by atoms with E-state index in [0.29, 0.717) is 25.1 Å². The predicted molar refractivity (Wildman–Crippen MR) is 109 cm³/mol. The van der Waals surface area contributed by atoms with Gasteiger partial charge in [0.1, 0.15) is 23.4 Å². The Morgan fingerprint density at radius 1 is 1.20 bits per heavy atom. The quantitative estimate of drug-likeness (QED) is 0.703. The Bertz CT molecular complexity index is 903. The first-order chi connectivity index (χ1) is 14.5. The summed E-state index contributed by atoms with van der Waals surface area (Å²) in [6, 6.07) is 10.8. The van der Waals surface area contributed by atoms with Gasteiger partial charge in [-0.2, -0.15) is 0 Å². The van der Waals surface area contributed by atoms with Gasteiger partial charge in [-0.05, 0) is 51.0 Å². The first-order valence-corrected chi connectivity index (χ1v) is 9.97. The van der Waals surface area contributed by atoms with Crippen molar-refractivity contribution in [1.82, 2.24) is 15.2 Å². The fourth-order valence-electron chi connectivity index (χ4n) is 3.34. The van der Waals surface area contributed by atoms with Crippen molar-refractivity contribution < 1.29 is 23.9 Å². The highest BCUT2D eigenvalue weighted by Gasteiger charge is 2.37. The Kier molecular flexibility index (Phi) is 7.00. The van der Waals surface area contributed by atoms with Crippen molar-refractivity contribution in [2.24, 2.45) is 0 Å². The number of pyridine rings is 1. The molecule has 0 bridgehead atoms. The van der Waals surface area contributed by atoms with Gasteiger partial charge in [-0.25, -0.2) is 9.78 Å². The Hall–Kier alpha value is -3.42. The van der Waals surface area contributed by atoms with Crippen LogP contribution in [0, 0.1) is 0 Å². The number of nitrogens with zero attached hydrogens (tertiary/aromatic N) is 2. The highest BCUT2D eigenvalue weighted by molar-refractivity contribution is 5.99. The summed E-state index contributed by atoms with van der Waals surface area (Å²) in [5.74, 6) is -0.530. The average Bonchev–Trinajstić information content (AvgIpc) is 3.24. The first-order valence-electron chi connectivity index (χ1n) is 9.97. The van der Waals surface area contributed by atoms with Gasteiger partial charge in [-0.3, -0.25) is 9.59 Å². The maximum atomic E-state index is 12.9. The molecule has 8 nitrogen and oxygen atoms in total. The van der Waals surface area contributed by atoms with Crippen LogP contribution < -0.4 is 10.1 Å². The van der Waals surface area contributed by atoms with Gasteiger partial charge in [0.05, 0.1) is 6.61 Å². The number of amides is 2. The van der Waals surface area contributed by atoms with E-state index in [1.807, 2.05) is 18.2 Å².